The molecule has 22 heavy (non-hydrogen) atoms. The van der Waals surface area contributed by atoms with E-state index in [0.29, 0.717) is 5.41 Å². The highest BCUT2D eigenvalue weighted by Crippen LogP contribution is 2.59. The van der Waals surface area contributed by atoms with E-state index in [2.05, 4.69) is 27.7 Å². The molecule has 2 aliphatic carbocycles. The van der Waals surface area contributed by atoms with Gasteiger partial charge in [-0.05, 0) is 49.7 Å². The minimum Gasteiger partial charge on any atom is -0.0651 e. The molecule has 0 N–H and O–H groups in total. The summed E-state index contributed by atoms with van der Waals surface area (Å²) in [7, 11) is 0. The number of rotatable bonds is 8. The molecule has 0 aromatic heterocycles. The van der Waals surface area contributed by atoms with E-state index in [1.165, 1.54) is 83.5 Å². The van der Waals surface area contributed by atoms with Gasteiger partial charge in [-0.25, -0.2) is 0 Å². The molecule has 1 spiro atoms. The Bertz CT molecular complexity index is 381. The van der Waals surface area contributed by atoms with Gasteiger partial charge in [0.1, 0.15) is 0 Å². The monoisotopic (exact) mass is 302 g/mol. The molecule has 126 valence electrons. The van der Waals surface area contributed by atoms with E-state index in [-0.39, 0.29) is 0 Å². The lowest BCUT2D eigenvalue weighted by Gasteiger charge is -2.40. The minimum atomic E-state index is 0.513. The van der Waals surface area contributed by atoms with E-state index in [4.69, 9.17) is 0 Å². The standard InChI is InChI=1S/C22H38/c1-5-12-18-19(13-6-2)21(15-8-4)22(20(18)14-7-3)16-10-9-11-17-22/h5-17H2,1-4H3. The quantitative estimate of drug-likeness (QED) is 0.430. The molecule has 0 heteroatoms. The fourth-order valence-corrected chi connectivity index (χ4v) is 5.27. The van der Waals surface area contributed by atoms with Crippen LogP contribution in [0.3, 0.4) is 0 Å². The lowest BCUT2D eigenvalue weighted by Crippen LogP contribution is -2.27. The van der Waals surface area contributed by atoms with Crippen molar-refractivity contribution in [3.8, 4) is 0 Å². The fraction of sp³-hybridized carbons (Fsp3) is 0.818. The molecule has 0 amide bonds. The van der Waals surface area contributed by atoms with Crippen molar-refractivity contribution in [3.63, 3.8) is 0 Å². The minimum absolute atomic E-state index is 0.513. The third-order valence-corrected chi connectivity index (χ3v) is 5.96. The Morgan fingerprint density at radius 1 is 0.591 bits per heavy atom. The first kappa shape index (κ1) is 17.8. The molecule has 0 bridgehead atoms. The van der Waals surface area contributed by atoms with Crippen LogP contribution in [-0.2, 0) is 0 Å². The molecule has 0 saturated heterocycles. The van der Waals surface area contributed by atoms with Gasteiger partial charge >= 0.3 is 0 Å². The predicted octanol–water partition coefficient (Wildman–Crippen LogP) is 7.74. The summed E-state index contributed by atoms with van der Waals surface area (Å²) >= 11 is 0. The van der Waals surface area contributed by atoms with Gasteiger partial charge < -0.3 is 0 Å². The Morgan fingerprint density at radius 2 is 1.00 bits per heavy atom. The first-order valence-corrected chi connectivity index (χ1v) is 10.2. The first-order chi connectivity index (χ1) is 10.7. The van der Waals surface area contributed by atoms with Crippen LogP contribution in [0.5, 0.6) is 0 Å². The number of allylic oxidation sites excluding steroid dienone is 4. The van der Waals surface area contributed by atoms with Crippen LogP contribution in [0, 0.1) is 5.41 Å². The van der Waals surface area contributed by atoms with Crippen molar-refractivity contribution in [3.05, 3.63) is 22.3 Å². The Balaban J connectivity index is 2.52. The van der Waals surface area contributed by atoms with Crippen LogP contribution in [0.15, 0.2) is 22.3 Å². The topological polar surface area (TPSA) is 0 Å². The normalized spacial score (nSPS) is 21.3. The van der Waals surface area contributed by atoms with Crippen LogP contribution in [-0.4, -0.2) is 0 Å². The molecular formula is C22H38. The van der Waals surface area contributed by atoms with Crippen LogP contribution in [0.25, 0.3) is 0 Å². The molecule has 0 aromatic carbocycles. The summed E-state index contributed by atoms with van der Waals surface area (Å²) in [6.07, 6.45) is 17.9. The van der Waals surface area contributed by atoms with Crippen LogP contribution < -0.4 is 0 Å². The van der Waals surface area contributed by atoms with Gasteiger partial charge in [0.15, 0.2) is 0 Å². The van der Waals surface area contributed by atoms with E-state index < -0.39 is 0 Å². The third kappa shape index (κ3) is 3.22. The summed E-state index contributed by atoms with van der Waals surface area (Å²) in [6, 6.07) is 0. The summed E-state index contributed by atoms with van der Waals surface area (Å²) in [5.41, 5.74) is 7.99. The smallest absolute Gasteiger partial charge is 0.0132 e. The molecule has 0 aliphatic heterocycles. The SMILES string of the molecule is CCCC1=C(CCC)C2(CCCCC2)C(CCC)=C1CCC. The van der Waals surface area contributed by atoms with Crippen molar-refractivity contribution in [2.75, 3.05) is 0 Å². The summed E-state index contributed by atoms with van der Waals surface area (Å²) in [5, 5.41) is 0. The lowest BCUT2D eigenvalue weighted by atomic mass is 9.64. The van der Waals surface area contributed by atoms with E-state index >= 15 is 0 Å². The van der Waals surface area contributed by atoms with Crippen LogP contribution in [0.4, 0.5) is 0 Å². The van der Waals surface area contributed by atoms with Crippen molar-refractivity contribution >= 4 is 0 Å². The van der Waals surface area contributed by atoms with Crippen molar-refractivity contribution in [2.45, 2.75) is 111 Å². The van der Waals surface area contributed by atoms with Crippen molar-refractivity contribution < 1.29 is 0 Å². The van der Waals surface area contributed by atoms with Crippen LogP contribution in [0.2, 0.25) is 0 Å². The fourth-order valence-electron chi connectivity index (χ4n) is 5.27. The van der Waals surface area contributed by atoms with Crippen molar-refractivity contribution in [2.24, 2.45) is 5.41 Å². The maximum absolute atomic E-state index is 2.38. The van der Waals surface area contributed by atoms with Crippen LogP contribution >= 0.6 is 0 Å². The number of hydrogen-bond donors (Lipinski definition) is 0. The third-order valence-electron chi connectivity index (χ3n) is 5.96. The van der Waals surface area contributed by atoms with Gasteiger partial charge in [-0.1, -0.05) is 83.8 Å². The molecule has 1 saturated carbocycles. The molecule has 0 aromatic rings. The van der Waals surface area contributed by atoms with Gasteiger partial charge in [0.2, 0.25) is 0 Å². The van der Waals surface area contributed by atoms with E-state index in [9.17, 15) is 0 Å². The zero-order valence-electron chi connectivity index (χ0n) is 15.7. The van der Waals surface area contributed by atoms with E-state index in [0.717, 1.165) is 0 Å². The Kier molecular flexibility index (Phi) is 6.78. The molecule has 2 rings (SSSR count). The predicted molar refractivity (Wildman–Crippen MR) is 99.2 cm³/mol. The van der Waals surface area contributed by atoms with Crippen molar-refractivity contribution in [1.29, 1.82) is 0 Å². The highest BCUT2D eigenvalue weighted by atomic mass is 14.5. The van der Waals surface area contributed by atoms with Crippen LogP contribution in [0.1, 0.15) is 111 Å². The second kappa shape index (κ2) is 8.37. The molecule has 1 fully saturated rings. The number of hydrogen-bond acceptors (Lipinski definition) is 0. The highest BCUT2D eigenvalue weighted by molar-refractivity contribution is 5.54. The Hall–Kier alpha value is -0.520. The second-order valence-corrected chi connectivity index (χ2v) is 7.56. The lowest BCUT2D eigenvalue weighted by molar-refractivity contribution is 0.277. The first-order valence-electron chi connectivity index (χ1n) is 10.2. The zero-order chi connectivity index (χ0) is 16.0. The Labute approximate surface area is 139 Å². The van der Waals surface area contributed by atoms with Gasteiger partial charge in [0.05, 0.1) is 0 Å². The summed E-state index contributed by atoms with van der Waals surface area (Å²) in [6.45, 7) is 9.49. The maximum atomic E-state index is 2.38. The van der Waals surface area contributed by atoms with Gasteiger partial charge in [0.25, 0.3) is 0 Å². The molecule has 0 nitrogen and oxygen atoms in total. The maximum Gasteiger partial charge on any atom is 0.0132 e. The molecular weight excluding hydrogens is 264 g/mol. The second-order valence-electron chi connectivity index (χ2n) is 7.56. The van der Waals surface area contributed by atoms with Gasteiger partial charge in [-0.2, -0.15) is 0 Å². The van der Waals surface area contributed by atoms with Crippen molar-refractivity contribution in [1.82, 2.24) is 0 Å². The summed E-state index contributed by atoms with van der Waals surface area (Å²) in [5.74, 6) is 0. The highest BCUT2D eigenvalue weighted by Gasteiger charge is 2.44. The average molecular weight is 303 g/mol. The molecule has 0 radical (unpaired) electrons. The molecule has 0 atom stereocenters. The average Bonchev–Trinajstić information content (AvgIpc) is 2.74. The summed E-state index contributed by atoms with van der Waals surface area (Å²) < 4.78 is 0. The molecule has 0 heterocycles. The Morgan fingerprint density at radius 3 is 1.36 bits per heavy atom. The van der Waals surface area contributed by atoms with E-state index in [1.807, 2.05) is 22.3 Å². The molecule has 2 aliphatic rings. The van der Waals surface area contributed by atoms with Gasteiger partial charge in [0, 0.05) is 5.41 Å². The van der Waals surface area contributed by atoms with Gasteiger partial charge in [-0.3, -0.25) is 0 Å². The van der Waals surface area contributed by atoms with Gasteiger partial charge in [-0.15, -0.1) is 0 Å². The van der Waals surface area contributed by atoms with E-state index in [1.54, 1.807) is 0 Å². The zero-order valence-corrected chi connectivity index (χ0v) is 15.7. The molecule has 0 unspecified atom stereocenters. The largest absolute Gasteiger partial charge is 0.0651 e. The summed E-state index contributed by atoms with van der Waals surface area (Å²) in [4.78, 5) is 0.